The van der Waals surface area contributed by atoms with Crippen molar-refractivity contribution in [2.24, 2.45) is 0 Å². The molecule has 0 aliphatic carbocycles. The molecule has 1 unspecified atom stereocenters. The highest BCUT2D eigenvalue weighted by Crippen LogP contribution is 2.22. The van der Waals surface area contributed by atoms with Crippen molar-refractivity contribution in [1.82, 2.24) is 10.3 Å². The highest BCUT2D eigenvalue weighted by atomic mass is 35.5. The highest BCUT2D eigenvalue weighted by molar-refractivity contribution is 6.30. The summed E-state index contributed by atoms with van der Waals surface area (Å²) in [5.74, 6) is 0.813. The normalized spacial score (nSPS) is 15.7. The van der Waals surface area contributed by atoms with Gasteiger partial charge in [0.25, 0.3) is 5.91 Å². The van der Waals surface area contributed by atoms with E-state index in [0.29, 0.717) is 5.56 Å². The second-order valence-electron chi connectivity index (χ2n) is 6.64. The summed E-state index contributed by atoms with van der Waals surface area (Å²) >= 11 is 6.10. The Balaban J connectivity index is 1.64. The number of carbonyl (C=O) groups excluding carboxylic acids is 1. The van der Waals surface area contributed by atoms with Crippen molar-refractivity contribution in [3.8, 4) is 0 Å². The average molecular weight is 373 g/mol. The molecule has 0 radical (unpaired) electrons. The summed E-state index contributed by atoms with van der Waals surface area (Å²) < 4.78 is 0. The third kappa shape index (κ3) is 4.47. The third-order valence-electron chi connectivity index (χ3n) is 4.77. The molecule has 1 fully saturated rings. The van der Waals surface area contributed by atoms with Gasteiger partial charge in [0.15, 0.2) is 0 Å². The summed E-state index contributed by atoms with van der Waals surface area (Å²) in [6.45, 7) is 7.57. The van der Waals surface area contributed by atoms with Crippen LogP contribution in [0.25, 0.3) is 0 Å². The molecule has 3 rings (SSSR count). The van der Waals surface area contributed by atoms with Gasteiger partial charge in [0.2, 0.25) is 0 Å². The molecule has 1 aromatic carbocycles. The molecule has 1 atom stereocenters. The van der Waals surface area contributed by atoms with E-state index in [1.54, 1.807) is 12.3 Å². The molecule has 2 aromatic rings. The molecule has 6 heteroatoms. The van der Waals surface area contributed by atoms with Gasteiger partial charge in [-0.1, -0.05) is 24.6 Å². The molecule has 1 aliphatic heterocycles. The van der Waals surface area contributed by atoms with Crippen LogP contribution in [0.15, 0.2) is 42.6 Å². The fourth-order valence-corrected chi connectivity index (χ4v) is 3.19. The zero-order valence-electron chi connectivity index (χ0n) is 15.3. The summed E-state index contributed by atoms with van der Waals surface area (Å²) in [6, 6.07) is 11.8. The molecular weight excluding hydrogens is 348 g/mol. The van der Waals surface area contributed by atoms with Gasteiger partial charge in [-0.2, -0.15) is 0 Å². The maximum absolute atomic E-state index is 12.3. The molecule has 0 bridgehead atoms. The van der Waals surface area contributed by atoms with Crippen LogP contribution in [-0.2, 0) is 0 Å². The van der Waals surface area contributed by atoms with Crippen molar-refractivity contribution >= 4 is 29.0 Å². The average Bonchev–Trinajstić information content (AvgIpc) is 2.68. The number of nitrogens with zero attached hydrogens (tertiary/aromatic N) is 3. The van der Waals surface area contributed by atoms with Gasteiger partial charge >= 0.3 is 0 Å². The van der Waals surface area contributed by atoms with E-state index in [9.17, 15) is 4.79 Å². The van der Waals surface area contributed by atoms with E-state index in [-0.39, 0.29) is 11.9 Å². The predicted octanol–water partition coefficient (Wildman–Crippen LogP) is 3.59. The van der Waals surface area contributed by atoms with E-state index >= 15 is 0 Å². The van der Waals surface area contributed by atoms with Crippen molar-refractivity contribution in [3.63, 3.8) is 0 Å². The number of benzene rings is 1. The maximum atomic E-state index is 12.3. The lowest BCUT2D eigenvalue weighted by molar-refractivity contribution is 0.0939. The maximum Gasteiger partial charge on any atom is 0.251 e. The minimum Gasteiger partial charge on any atom is -0.368 e. The van der Waals surface area contributed by atoms with Crippen LogP contribution in [0.1, 0.15) is 30.6 Å². The number of halogens is 1. The Morgan fingerprint density at radius 1 is 1.19 bits per heavy atom. The Bertz CT molecular complexity index is 759. The number of piperazine rings is 1. The Morgan fingerprint density at radius 2 is 1.92 bits per heavy atom. The molecule has 138 valence electrons. The van der Waals surface area contributed by atoms with Crippen LogP contribution in [0.2, 0.25) is 5.02 Å². The second-order valence-corrected chi connectivity index (χ2v) is 7.08. The smallest absolute Gasteiger partial charge is 0.251 e. The van der Waals surface area contributed by atoms with E-state index < -0.39 is 0 Å². The molecule has 2 heterocycles. The first-order chi connectivity index (χ1) is 12.6. The van der Waals surface area contributed by atoms with E-state index in [1.807, 2.05) is 31.2 Å². The molecule has 1 aliphatic rings. The monoisotopic (exact) mass is 372 g/mol. The molecule has 5 nitrogen and oxygen atoms in total. The number of hydrogen-bond acceptors (Lipinski definition) is 4. The van der Waals surface area contributed by atoms with Crippen LogP contribution >= 0.6 is 11.6 Å². The largest absolute Gasteiger partial charge is 0.368 e. The van der Waals surface area contributed by atoms with Gasteiger partial charge in [0.05, 0.1) is 0 Å². The standard InChI is InChI=1S/C20H25ClN4O/c1-3-15(2)23-20(26)16-7-8-22-19(13-16)25-11-9-24(10-12-25)18-6-4-5-17(21)14-18/h4-8,13-15H,3,9-12H2,1-2H3,(H,23,26). The van der Waals surface area contributed by atoms with Crippen LogP contribution in [-0.4, -0.2) is 43.1 Å². The van der Waals surface area contributed by atoms with Gasteiger partial charge in [0.1, 0.15) is 5.82 Å². The topological polar surface area (TPSA) is 48.5 Å². The van der Waals surface area contributed by atoms with Gasteiger partial charge < -0.3 is 15.1 Å². The lowest BCUT2D eigenvalue weighted by Gasteiger charge is -2.36. The zero-order valence-corrected chi connectivity index (χ0v) is 16.0. The molecule has 26 heavy (non-hydrogen) atoms. The number of anilines is 2. The summed E-state index contributed by atoms with van der Waals surface area (Å²) in [7, 11) is 0. The van der Waals surface area contributed by atoms with Crippen LogP contribution in [0, 0.1) is 0 Å². The van der Waals surface area contributed by atoms with Gasteiger partial charge in [-0.15, -0.1) is 0 Å². The van der Waals surface area contributed by atoms with Crippen LogP contribution in [0.3, 0.4) is 0 Å². The molecule has 1 amide bonds. The number of aromatic nitrogens is 1. The highest BCUT2D eigenvalue weighted by Gasteiger charge is 2.19. The van der Waals surface area contributed by atoms with E-state index in [4.69, 9.17) is 11.6 Å². The molecule has 0 spiro atoms. The second kappa shape index (κ2) is 8.41. The fraction of sp³-hybridized carbons (Fsp3) is 0.400. The number of amides is 1. The van der Waals surface area contributed by atoms with Gasteiger partial charge in [-0.25, -0.2) is 4.98 Å². The summed E-state index contributed by atoms with van der Waals surface area (Å²) in [5.41, 5.74) is 1.80. The van der Waals surface area contributed by atoms with E-state index in [2.05, 4.69) is 33.1 Å². The SMILES string of the molecule is CCC(C)NC(=O)c1ccnc(N2CCN(c3cccc(Cl)c3)CC2)c1. The van der Waals surface area contributed by atoms with Gasteiger partial charge in [-0.3, -0.25) is 4.79 Å². The van der Waals surface area contributed by atoms with Crippen LogP contribution < -0.4 is 15.1 Å². The molecule has 1 aromatic heterocycles. The number of carbonyl (C=O) groups is 1. The Labute approximate surface area is 160 Å². The first kappa shape index (κ1) is 18.5. The van der Waals surface area contributed by atoms with Crippen molar-refractivity contribution in [2.45, 2.75) is 26.3 Å². The zero-order chi connectivity index (χ0) is 18.5. The molecular formula is C20H25ClN4O. The quantitative estimate of drug-likeness (QED) is 0.871. The first-order valence-electron chi connectivity index (χ1n) is 9.09. The first-order valence-corrected chi connectivity index (χ1v) is 9.47. The number of nitrogens with one attached hydrogen (secondary N) is 1. The summed E-state index contributed by atoms with van der Waals surface area (Å²) in [4.78, 5) is 21.3. The molecule has 1 N–H and O–H groups in total. The summed E-state index contributed by atoms with van der Waals surface area (Å²) in [5, 5.41) is 3.76. The molecule has 1 saturated heterocycles. The number of pyridine rings is 1. The molecule has 0 saturated carbocycles. The van der Waals surface area contributed by atoms with Crippen molar-refractivity contribution in [1.29, 1.82) is 0 Å². The van der Waals surface area contributed by atoms with Crippen molar-refractivity contribution in [2.75, 3.05) is 36.0 Å². The van der Waals surface area contributed by atoms with Crippen molar-refractivity contribution < 1.29 is 4.79 Å². The van der Waals surface area contributed by atoms with Gasteiger partial charge in [-0.05, 0) is 43.7 Å². The minimum absolute atomic E-state index is 0.0411. The number of rotatable bonds is 5. The van der Waals surface area contributed by atoms with E-state index in [1.165, 1.54) is 0 Å². The van der Waals surface area contributed by atoms with Crippen LogP contribution in [0.5, 0.6) is 0 Å². The fourth-order valence-electron chi connectivity index (χ4n) is 3.01. The lowest BCUT2D eigenvalue weighted by Crippen LogP contribution is -2.46. The Hall–Kier alpha value is -2.27. The lowest BCUT2D eigenvalue weighted by atomic mass is 10.2. The van der Waals surface area contributed by atoms with Crippen molar-refractivity contribution in [3.05, 3.63) is 53.2 Å². The predicted molar refractivity (Wildman–Crippen MR) is 107 cm³/mol. The van der Waals surface area contributed by atoms with Crippen LogP contribution in [0.4, 0.5) is 11.5 Å². The number of hydrogen-bond donors (Lipinski definition) is 1. The third-order valence-corrected chi connectivity index (χ3v) is 5.01. The Morgan fingerprint density at radius 3 is 2.62 bits per heavy atom. The minimum atomic E-state index is -0.0411. The summed E-state index contributed by atoms with van der Waals surface area (Å²) in [6.07, 6.45) is 2.62. The van der Waals surface area contributed by atoms with Gasteiger partial charge in [0, 0.05) is 54.7 Å². The Kier molecular flexibility index (Phi) is 5.99. The van der Waals surface area contributed by atoms with E-state index in [0.717, 1.165) is 49.1 Å².